The minimum Gasteiger partial charge on any atom is -0.496 e. The molecule has 1 N–H and O–H groups in total. The summed E-state index contributed by atoms with van der Waals surface area (Å²) >= 11 is 0. The first-order valence-electron chi connectivity index (χ1n) is 7.26. The molecule has 0 fully saturated rings. The van der Waals surface area contributed by atoms with E-state index in [1.165, 1.54) is 11.1 Å². The van der Waals surface area contributed by atoms with Crippen molar-refractivity contribution in [2.45, 2.75) is 19.4 Å². The monoisotopic (exact) mass is 298 g/mol. The molecule has 4 heteroatoms. The first-order valence-corrected chi connectivity index (χ1v) is 7.26. The van der Waals surface area contributed by atoms with E-state index in [4.69, 9.17) is 14.6 Å². The number of hydrogen-bond acceptors (Lipinski definition) is 3. The zero-order chi connectivity index (χ0) is 15.5. The molecule has 0 aliphatic carbocycles. The average Bonchev–Trinajstić information content (AvgIpc) is 2.54. The first kappa shape index (κ1) is 14.6. The Morgan fingerprint density at radius 2 is 2.18 bits per heavy atom. The molecule has 2 aromatic carbocycles. The molecular weight excluding hydrogens is 280 g/mol. The molecule has 0 radical (unpaired) electrons. The summed E-state index contributed by atoms with van der Waals surface area (Å²) in [6.45, 7) is 1.36. The van der Waals surface area contributed by atoms with E-state index in [0.717, 1.165) is 24.2 Å². The summed E-state index contributed by atoms with van der Waals surface area (Å²) in [5.74, 6) is -0.252. The smallest absolute Gasteiger partial charge is 0.307 e. The van der Waals surface area contributed by atoms with Crippen LogP contribution in [-0.4, -0.2) is 24.8 Å². The first-order chi connectivity index (χ1) is 10.7. The van der Waals surface area contributed by atoms with Gasteiger partial charge in [0, 0.05) is 5.56 Å². The van der Waals surface area contributed by atoms with E-state index in [9.17, 15) is 4.79 Å². The van der Waals surface area contributed by atoms with Gasteiger partial charge in [-0.3, -0.25) is 4.79 Å². The third-order valence-corrected chi connectivity index (χ3v) is 3.96. The molecular formula is C18H18O4. The largest absolute Gasteiger partial charge is 0.496 e. The molecule has 2 aromatic rings. The number of fused-ring (bicyclic) bond motifs is 1. The maximum atomic E-state index is 11.0. The molecule has 114 valence electrons. The Bertz CT molecular complexity index is 706. The van der Waals surface area contributed by atoms with Gasteiger partial charge in [0.15, 0.2) is 0 Å². The molecule has 0 aromatic heterocycles. The van der Waals surface area contributed by atoms with Crippen LogP contribution in [-0.2, 0) is 29.0 Å². The Labute approximate surface area is 129 Å². The highest BCUT2D eigenvalue weighted by Gasteiger charge is 2.16. The highest BCUT2D eigenvalue weighted by molar-refractivity contribution is 5.75. The number of ether oxygens (including phenoxy) is 2. The number of rotatable bonds is 4. The molecule has 22 heavy (non-hydrogen) atoms. The Morgan fingerprint density at radius 1 is 1.32 bits per heavy atom. The number of carbonyl (C=O) groups is 1. The van der Waals surface area contributed by atoms with Gasteiger partial charge in [0.1, 0.15) is 5.75 Å². The molecule has 0 bridgehead atoms. The van der Waals surface area contributed by atoms with Gasteiger partial charge in [0.05, 0.1) is 26.7 Å². The van der Waals surface area contributed by atoms with Gasteiger partial charge < -0.3 is 14.6 Å². The third kappa shape index (κ3) is 2.83. The molecule has 0 unspecified atom stereocenters. The summed E-state index contributed by atoms with van der Waals surface area (Å²) in [7, 11) is 1.56. The van der Waals surface area contributed by atoms with Crippen molar-refractivity contribution < 1.29 is 19.4 Å². The summed E-state index contributed by atoms with van der Waals surface area (Å²) in [5.41, 5.74) is 5.36. The second-order valence-corrected chi connectivity index (χ2v) is 5.34. The van der Waals surface area contributed by atoms with E-state index in [0.29, 0.717) is 17.9 Å². The number of methoxy groups -OCH3 is 1. The molecule has 1 aliphatic rings. The zero-order valence-corrected chi connectivity index (χ0v) is 12.5. The van der Waals surface area contributed by atoms with Crippen molar-refractivity contribution in [2.24, 2.45) is 0 Å². The molecule has 4 nitrogen and oxygen atoms in total. The van der Waals surface area contributed by atoms with Crippen molar-refractivity contribution in [3.8, 4) is 16.9 Å². The van der Waals surface area contributed by atoms with Crippen molar-refractivity contribution in [1.29, 1.82) is 0 Å². The SMILES string of the molecule is COc1ccc(-c2cccc3c2CCOC3)cc1CC(=O)O. The molecule has 0 amide bonds. The van der Waals surface area contributed by atoms with Crippen LogP contribution in [0.1, 0.15) is 16.7 Å². The zero-order valence-electron chi connectivity index (χ0n) is 12.5. The van der Waals surface area contributed by atoms with Crippen LogP contribution in [0.25, 0.3) is 11.1 Å². The number of aliphatic carboxylic acids is 1. The van der Waals surface area contributed by atoms with Gasteiger partial charge in [-0.15, -0.1) is 0 Å². The Balaban J connectivity index is 2.07. The highest BCUT2D eigenvalue weighted by atomic mass is 16.5. The fourth-order valence-electron chi connectivity index (χ4n) is 2.94. The number of carboxylic acid groups (broad SMARTS) is 1. The van der Waals surface area contributed by atoms with Gasteiger partial charge in [-0.25, -0.2) is 0 Å². The van der Waals surface area contributed by atoms with Crippen LogP contribution in [0.5, 0.6) is 5.75 Å². The van der Waals surface area contributed by atoms with Crippen LogP contribution in [0.3, 0.4) is 0 Å². The van der Waals surface area contributed by atoms with Crippen molar-refractivity contribution in [2.75, 3.05) is 13.7 Å². The quantitative estimate of drug-likeness (QED) is 0.942. The Hall–Kier alpha value is -2.33. The predicted octanol–water partition coefficient (Wildman–Crippen LogP) is 3.06. The fraction of sp³-hybridized carbons (Fsp3) is 0.278. The van der Waals surface area contributed by atoms with Crippen LogP contribution in [0.15, 0.2) is 36.4 Å². The average molecular weight is 298 g/mol. The Morgan fingerprint density at radius 3 is 2.95 bits per heavy atom. The van der Waals surface area contributed by atoms with E-state index in [2.05, 4.69) is 12.1 Å². The minimum absolute atomic E-state index is 0.0465. The lowest BCUT2D eigenvalue weighted by Gasteiger charge is -2.20. The van der Waals surface area contributed by atoms with Gasteiger partial charge in [-0.05, 0) is 40.8 Å². The lowest BCUT2D eigenvalue weighted by molar-refractivity contribution is -0.136. The normalized spacial score (nSPS) is 13.5. The summed E-state index contributed by atoms with van der Waals surface area (Å²) in [6, 6.07) is 11.9. The van der Waals surface area contributed by atoms with Crippen LogP contribution in [0.2, 0.25) is 0 Å². The minimum atomic E-state index is -0.862. The van der Waals surface area contributed by atoms with Crippen LogP contribution >= 0.6 is 0 Å². The van der Waals surface area contributed by atoms with Crippen molar-refractivity contribution in [3.05, 3.63) is 53.1 Å². The van der Waals surface area contributed by atoms with E-state index in [1.54, 1.807) is 7.11 Å². The summed E-state index contributed by atoms with van der Waals surface area (Å²) in [4.78, 5) is 11.0. The number of hydrogen-bond donors (Lipinski definition) is 1. The lowest BCUT2D eigenvalue weighted by Crippen LogP contribution is -2.11. The van der Waals surface area contributed by atoms with Crippen molar-refractivity contribution in [3.63, 3.8) is 0 Å². The number of benzene rings is 2. The predicted molar refractivity (Wildman–Crippen MR) is 83.1 cm³/mol. The van der Waals surface area contributed by atoms with E-state index < -0.39 is 5.97 Å². The Kier molecular flexibility index (Phi) is 4.11. The summed E-state index contributed by atoms with van der Waals surface area (Å²) in [6.07, 6.45) is 0.834. The van der Waals surface area contributed by atoms with E-state index >= 15 is 0 Å². The fourth-order valence-corrected chi connectivity index (χ4v) is 2.94. The van der Waals surface area contributed by atoms with Crippen LogP contribution < -0.4 is 4.74 Å². The number of carboxylic acids is 1. The molecule has 1 aliphatic heterocycles. The molecule has 0 atom stereocenters. The molecule has 0 saturated carbocycles. The molecule has 3 rings (SSSR count). The highest BCUT2D eigenvalue weighted by Crippen LogP contribution is 2.32. The van der Waals surface area contributed by atoms with Gasteiger partial charge in [0.25, 0.3) is 0 Å². The van der Waals surface area contributed by atoms with Gasteiger partial charge >= 0.3 is 5.97 Å². The topological polar surface area (TPSA) is 55.8 Å². The standard InChI is InChI=1S/C18H18O4/c1-21-17-6-5-12(9-14(17)10-18(19)20)15-4-2-3-13-11-22-8-7-16(13)15/h2-6,9H,7-8,10-11H2,1H3,(H,19,20). The third-order valence-electron chi connectivity index (χ3n) is 3.96. The maximum Gasteiger partial charge on any atom is 0.307 e. The lowest BCUT2D eigenvalue weighted by atomic mass is 9.91. The van der Waals surface area contributed by atoms with Crippen LogP contribution in [0.4, 0.5) is 0 Å². The van der Waals surface area contributed by atoms with Gasteiger partial charge in [-0.1, -0.05) is 24.3 Å². The summed E-state index contributed by atoms with van der Waals surface area (Å²) in [5, 5.41) is 9.07. The van der Waals surface area contributed by atoms with Crippen molar-refractivity contribution >= 4 is 5.97 Å². The van der Waals surface area contributed by atoms with Gasteiger partial charge in [-0.2, -0.15) is 0 Å². The second kappa shape index (κ2) is 6.20. The molecule has 1 heterocycles. The maximum absolute atomic E-state index is 11.0. The van der Waals surface area contributed by atoms with Crippen molar-refractivity contribution in [1.82, 2.24) is 0 Å². The van der Waals surface area contributed by atoms with E-state index in [1.807, 2.05) is 24.3 Å². The molecule has 0 saturated heterocycles. The van der Waals surface area contributed by atoms with Gasteiger partial charge in [0.2, 0.25) is 0 Å². The van der Waals surface area contributed by atoms with Crippen LogP contribution in [0, 0.1) is 0 Å². The summed E-state index contributed by atoms with van der Waals surface area (Å²) < 4.78 is 10.8. The molecule has 0 spiro atoms. The van der Waals surface area contributed by atoms with E-state index in [-0.39, 0.29) is 6.42 Å². The second-order valence-electron chi connectivity index (χ2n) is 5.34.